The molecule has 1 spiro atoms. The number of aromatic nitrogens is 4. The molecule has 0 amide bonds. The molecule has 1 aromatic carbocycles. The highest BCUT2D eigenvalue weighted by Crippen LogP contribution is 2.64. The maximum atomic E-state index is 11.2. The van der Waals surface area contributed by atoms with Crippen LogP contribution in [0.3, 0.4) is 0 Å². The van der Waals surface area contributed by atoms with Crippen molar-refractivity contribution in [3.63, 3.8) is 0 Å². The van der Waals surface area contributed by atoms with Gasteiger partial charge in [-0.15, -0.1) is 10.2 Å². The number of aromatic hydroxyl groups is 1. The van der Waals surface area contributed by atoms with Gasteiger partial charge in [-0.3, -0.25) is 4.79 Å². The van der Waals surface area contributed by atoms with Crippen LogP contribution in [0.1, 0.15) is 81.5 Å². The lowest BCUT2D eigenvalue weighted by atomic mass is 9.49. The SMILES string of the molecule is Nc1nnc(-c2ccccc2O)cc1N1CCC2CC3(c4ncc(C5CCN([C@H]6CC7(C[C@H](C(=O)O)C7)C6)CC5)cn4)CC(CC23)C1. The van der Waals surface area contributed by atoms with Crippen LogP contribution in [0.2, 0.25) is 0 Å². The number of piperidine rings is 1. The van der Waals surface area contributed by atoms with Gasteiger partial charge in [-0.25, -0.2) is 9.97 Å². The quantitative estimate of drug-likeness (QED) is 0.329. The third kappa shape index (κ3) is 4.80. The van der Waals surface area contributed by atoms with Gasteiger partial charge in [0.1, 0.15) is 11.6 Å². The number of fused-ring (bicyclic) bond motifs is 1. The molecule has 4 aliphatic carbocycles. The molecule has 4 unspecified atom stereocenters. The molecular weight excluding hydrogens is 590 g/mol. The number of aliphatic carboxylic acids is 1. The van der Waals surface area contributed by atoms with Crippen molar-refractivity contribution in [3.05, 3.63) is 54.1 Å². The van der Waals surface area contributed by atoms with Crippen LogP contribution in [0.4, 0.5) is 11.5 Å². The lowest BCUT2D eigenvalue weighted by Crippen LogP contribution is -2.58. The van der Waals surface area contributed by atoms with Gasteiger partial charge in [0.2, 0.25) is 0 Å². The summed E-state index contributed by atoms with van der Waals surface area (Å²) in [6, 6.07) is 9.87. The van der Waals surface area contributed by atoms with Gasteiger partial charge in [0, 0.05) is 42.5 Å². The Morgan fingerprint density at radius 3 is 2.45 bits per heavy atom. The number of nitrogens with two attached hydrogens (primary N) is 1. The van der Waals surface area contributed by atoms with E-state index in [1.165, 1.54) is 31.2 Å². The molecule has 10 nitrogen and oxygen atoms in total. The van der Waals surface area contributed by atoms with E-state index in [4.69, 9.17) is 15.7 Å². The molecule has 2 saturated heterocycles. The van der Waals surface area contributed by atoms with Gasteiger partial charge >= 0.3 is 5.97 Å². The summed E-state index contributed by atoms with van der Waals surface area (Å²) in [5.41, 5.74) is 10.3. The van der Waals surface area contributed by atoms with Gasteiger partial charge in [-0.1, -0.05) is 12.1 Å². The van der Waals surface area contributed by atoms with Crippen molar-refractivity contribution in [3.8, 4) is 17.0 Å². The number of carboxylic acid groups (broad SMARTS) is 1. The molecule has 4 saturated carbocycles. The molecule has 0 radical (unpaired) electrons. The van der Waals surface area contributed by atoms with Crippen molar-refractivity contribution in [1.29, 1.82) is 0 Å². The van der Waals surface area contributed by atoms with Crippen molar-refractivity contribution in [2.75, 3.05) is 36.8 Å². The summed E-state index contributed by atoms with van der Waals surface area (Å²) in [6.07, 6.45) is 15.3. The van der Waals surface area contributed by atoms with E-state index in [1.54, 1.807) is 6.07 Å². The predicted molar refractivity (Wildman–Crippen MR) is 178 cm³/mol. The molecule has 3 aromatic rings. The molecule has 6 fully saturated rings. The Balaban J connectivity index is 0.840. The van der Waals surface area contributed by atoms with Crippen LogP contribution in [0.15, 0.2) is 42.7 Å². The lowest BCUT2D eigenvalue weighted by molar-refractivity contribution is -0.160. The van der Waals surface area contributed by atoms with Gasteiger partial charge < -0.3 is 25.7 Å². The van der Waals surface area contributed by atoms with Crippen LogP contribution >= 0.6 is 0 Å². The molecule has 4 N–H and O–H groups in total. The number of anilines is 2. The fourth-order valence-electron chi connectivity index (χ4n) is 11.0. The first-order valence-electron chi connectivity index (χ1n) is 17.7. The standard InChI is InChI=1S/C37H45N7O3/c38-33-31(12-30(41-42-33)28-3-1-2-4-32(28)45)44-10-7-24-16-37(13-22(21-44)11-29(24)37)35-39-19-26(20-40-35)23-5-8-43(9-6-23)27-17-36(18-27)14-25(15-36)34(46)47/h1-4,12,19-20,22-25,27,29,45H,5-11,13-18,21H2,(H2,38,42)(H,46,47)/t22?,24?,25-,27-,29?,36?,37?. The maximum absolute atomic E-state index is 11.2. The Morgan fingerprint density at radius 1 is 0.936 bits per heavy atom. The van der Waals surface area contributed by atoms with Crippen molar-refractivity contribution in [2.45, 2.75) is 81.6 Å². The first-order valence-corrected chi connectivity index (χ1v) is 17.7. The van der Waals surface area contributed by atoms with Gasteiger partial charge in [0.05, 0.1) is 17.3 Å². The molecule has 4 heterocycles. The average molecular weight is 636 g/mol. The highest BCUT2D eigenvalue weighted by Gasteiger charge is 2.62. The van der Waals surface area contributed by atoms with Crippen LogP contribution in [0, 0.1) is 29.1 Å². The second-order valence-corrected chi connectivity index (χ2v) is 15.9. The molecule has 2 aromatic heterocycles. The number of hydrogen-bond donors (Lipinski definition) is 3. The fourth-order valence-corrected chi connectivity index (χ4v) is 11.0. The normalized spacial score (nSPS) is 35.0. The molecular formula is C37H45N7O3. The largest absolute Gasteiger partial charge is 0.507 e. The van der Waals surface area contributed by atoms with Crippen LogP contribution < -0.4 is 10.6 Å². The van der Waals surface area contributed by atoms with E-state index in [1.807, 2.05) is 24.3 Å². The molecule has 6 aliphatic rings. The number of nitrogens with zero attached hydrogens (tertiary/aromatic N) is 6. The van der Waals surface area contributed by atoms with Crippen molar-refractivity contribution >= 4 is 17.5 Å². The number of phenolic OH excluding ortho intramolecular Hbond substituents is 1. The highest BCUT2D eigenvalue weighted by atomic mass is 16.4. The van der Waals surface area contributed by atoms with Gasteiger partial charge in [-0.2, -0.15) is 0 Å². The van der Waals surface area contributed by atoms with Gasteiger partial charge in [0.15, 0.2) is 5.82 Å². The van der Waals surface area contributed by atoms with E-state index in [0.29, 0.717) is 52.2 Å². The zero-order valence-electron chi connectivity index (χ0n) is 27.0. The Hall–Kier alpha value is -3.79. The van der Waals surface area contributed by atoms with E-state index in [9.17, 15) is 15.0 Å². The number of likely N-dealkylation sites (tertiary alicyclic amines) is 1. The maximum Gasteiger partial charge on any atom is 0.306 e. The topological polar surface area (TPSA) is 142 Å². The number of rotatable bonds is 6. The zero-order chi connectivity index (χ0) is 31.9. The number of nitrogen functional groups attached to an aromatic ring is 1. The minimum absolute atomic E-state index is 0.0949. The molecule has 2 bridgehead atoms. The summed E-state index contributed by atoms with van der Waals surface area (Å²) >= 11 is 0. The van der Waals surface area contributed by atoms with Crippen LogP contribution in [0.5, 0.6) is 5.75 Å². The summed E-state index contributed by atoms with van der Waals surface area (Å²) < 4.78 is 0. The van der Waals surface area contributed by atoms with Crippen molar-refractivity contribution < 1.29 is 15.0 Å². The van der Waals surface area contributed by atoms with Crippen molar-refractivity contribution in [1.82, 2.24) is 25.1 Å². The monoisotopic (exact) mass is 635 g/mol. The zero-order valence-corrected chi connectivity index (χ0v) is 27.0. The molecule has 10 heteroatoms. The van der Waals surface area contributed by atoms with E-state index in [-0.39, 0.29) is 17.1 Å². The molecule has 246 valence electrons. The summed E-state index contributed by atoms with van der Waals surface area (Å²) in [4.78, 5) is 26.5. The van der Waals surface area contributed by atoms with Crippen molar-refractivity contribution in [2.24, 2.45) is 29.1 Å². The first kappa shape index (κ1) is 29.4. The first-order chi connectivity index (χ1) is 22.8. The average Bonchev–Trinajstić information content (AvgIpc) is 3.38. The van der Waals surface area contributed by atoms with Gasteiger partial charge in [0.25, 0.3) is 0 Å². The van der Waals surface area contributed by atoms with E-state index in [0.717, 1.165) is 76.2 Å². The van der Waals surface area contributed by atoms with E-state index in [2.05, 4.69) is 32.4 Å². The van der Waals surface area contributed by atoms with E-state index >= 15 is 0 Å². The number of phenols is 1. The van der Waals surface area contributed by atoms with Crippen LogP contribution in [-0.2, 0) is 10.2 Å². The summed E-state index contributed by atoms with van der Waals surface area (Å²) in [6.45, 7) is 4.10. The molecule has 2 aliphatic heterocycles. The number of para-hydroxylation sites is 1. The third-order valence-corrected chi connectivity index (χ3v) is 13.4. The Kier molecular flexibility index (Phi) is 6.79. The third-order valence-electron chi connectivity index (χ3n) is 13.4. The smallest absolute Gasteiger partial charge is 0.306 e. The minimum atomic E-state index is -0.608. The second-order valence-electron chi connectivity index (χ2n) is 15.9. The highest BCUT2D eigenvalue weighted by molar-refractivity contribution is 5.74. The molecule has 47 heavy (non-hydrogen) atoms. The Morgan fingerprint density at radius 2 is 1.70 bits per heavy atom. The predicted octanol–water partition coefficient (Wildman–Crippen LogP) is 5.24. The van der Waals surface area contributed by atoms with Crippen LogP contribution in [-0.4, -0.2) is 73.5 Å². The number of hydrogen-bond acceptors (Lipinski definition) is 9. The Labute approximate surface area is 275 Å². The van der Waals surface area contributed by atoms with Gasteiger partial charge in [-0.05, 0) is 130 Å². The number of carbonyl (C=O) groups is 1. The molecule has 4 atom stereocenters. The van der Waals surface area contributed by atoms with Crippen LogP contribution in [0.25, 0.3) is 11.3 Å². The Bertz CT molecular complexity index is 1680. The lowest BCUT2D eigenvalue weighted by Gasteiger charge is -2.59. The summed E-state index contributed by atoms with van der Waals surface area (Å²) in [7, 11) is 0. The number of carboxylic acids is 1. The summed E-state index contributed by atoms with van der Waals surface area (Å²) in [5.74, 6) is 3.37. The second kappa shape index (κ2) is 10.9. The number of benzene rings is 1. The molecule has 9 rings (SSSR count). The summed E-state index contributed by atoms with van der Waals surface area (Å²) in [5, 5.41) is 28.3. The van der Waals surface area contributed by atoms with E-state index < -0.39 is 5.97 Å². The minimum Gasteiger partial charge on any atom is -0.507 e. The fraction of sp³-hybridized carbons (Fsp3) is 0.595.